The first kappa shape index (κ1) is 14.0. The summed E-state index contributed by atoms with van der Waals surface area (Å²) in [6.07, 6.45) is 7.30. The van der Waals surface area contributed by atoms with E-state index < -0.39 is 0 Å². The number of aryl methyl sites for hydroxylation is 1. The molecule has 0 aromatic carbocycles. The summed E-state index contributed by atoms with van der Waals surface area (Å²) in [5.74, 6) is 0.662. The molecule has 1 aromatic rings. The predicted octanol–water partition coefficient (Wildman–Crippen LogP) is 2.59. The van der Waals surface area contributed by atoms with Crippen LogP contribution < -0.4 is 10.6 Å². The van der Waals surface area contributed by atoms with Gasteiger partial charge < -0.3 is 10.6 Å². The molecule has 110 valence electrons. The van der Waals surface area contributed by atoms with Gasteiger partial charge in [0, 0.05) is 18.5 Å². The molecule has 0 radical (unpaired) electrons. The van der Waals surface area contributed by atoms with Crippen LogP contribution in [-0.4, -0.2) is 30.0 Å². The largest absolute Gasteiger partial charge is 0.347 e. The van der Waals surface area contributed by atoms with E-state index in [2.05, 4.69) is 15.6 Å². The van der Waals surface area contributed by atoms with Crippen LogP contribution in [0.15, 0.2) is 0 Å². The normalized spacial score (nSPS) is 23.9. The number of aromatic nitrogens is 1. The van der Waals surface area contributed by atoms with Crippen molar-refractivity contribution in [2.75, 3.05) is 13.1 Å². The van der Waals surface area contributed by atoms with Crippen LogP contribution in [0.5, 0.6) is 0 Å². The summed E-state index contributed by atoms with van der Waals surface area (Å²) in [5, 5.41) is 7.65. The molecule has 4 nitrogen and oxygen atoms in total. The van der Waals surface area contributed by atoms with Crippen molar-refractivity contribution in [3.63, 3.8) is 0 Å². The molecule has 20 heavy (non-hydrogen) atoms. The van der Waals surface area contributed by atoms with Gasteiger partial charge in [-0.2, -0.15) is 0 Å². The third kappa shape index (κ3) is 3.04. The van der Waals surface area contributed by atoms with Gasteiger partial charge in [-0.15, -0.1) is 11.3 Å². The zero-order valence-electron chi connectivity index (χ0n) is 12.1. The third-order valence-electron chi connectivity index (χ3n) is 4.36. The fourth-order valence-electron chi connectivity index (χ4n) is 3.20. The molecule has 2 N–H and O–H groups in total. The van der Waals surface area contributed by atoms with Gasteiger partial charge in [0.25, 0.3) is 5.91 Å². The number of carbonyl (C=O) groups is 1. The lowest BCUT2D eigenvalue weighted by Gasteiger charge is -2.23. The molecular weight excluding hydrogens is 270 g/mol. The van der Waals surface area contributed by atoms with Crippen molar-refractivity contribution < 1.29 is 4.79 Å². The Morgan fingerprint density at radius 2 is 2.10 bits per heavy atom. The maximum absolute atomic E-state index is 12.4. The minimum Gasteiger partial charge on any atom is -0.347 e. The number of thiazole rings is 1. The van der Waals surface area contributed by atoms with Gasteiger partial charge in [-0.3, -0.25) is 4.79 Å². The van der Waals surface area contributed by atoms with Gasteiger partial charge in [0.15, 0.2) is 0 Å². The lowest BCUT2D eigenvalue weighted by atomic mass is 10.1. The Morgan fingerprint density at radius 3 is 2.80 bits per heavy atom. The summed E-state index contributed by atoms with van der Waals surface area (Å²) in [7, 11) is 0. The smallest absolute Gasteiger partial charge is 0.263 e. The van der Waals surface area contributed by atoms with Crippen molar-refractivity contribution in [3.05, 3.63) is 15.6 Å². The Kier molecular flexibility index (Phi) is 4.36. The highest BCUT2D eigenvalue weighted by Crippen LogP contribution is 2.37. The average Bonchev–Trinajstić information content (AvgIpc) is 3.08. The van der Waals surface area contributed by atoms with E-state index in [0.29, 0.717) is 5.92 Å². The second kappa shape index (κ2) is 6.22. The van der Waals surface area contributed by atoms with Crippen molar-refractivity contribution in [2.45, 2.75) is 57.4 Å². The molecule has 2 fully saturated rings. The van der Waals surface area contributed by atoms with E-state index in [1.165, 1.54) is 30.7 Å². The van der Waals surface area contributed by atoms with Crippen LogP contribution in [0, 0.1) is 6.92 Å². The van der Waals surface area contributed by atoms with Crippen molar-refractivity contribution in [1.29, 1.82) is 0 Å². The van der Waals surface area contributed by atoms with Crippen molar-refractivity contribution in [2.24, 2.45) is 0 Å². The average molecular weight is 293 g/mol. The number of carbonyl (C=O) groups excluding carboxylic acids is 1. The molecule has 1 aliphatic carbocycles. The monoisotopic (exact) mass is 293 g/mol. The van der Waals surface area contributed by atoms with E-state index in [9.17, 15) is 4.79 Å². The van der Waals surface area contributed by atoms with Crippen LogP contribution in [0.25, 0.3) is 0 Å². The molecule has 0 spiro atoms. The molecule has 1 saturated heterocycles. The third-order valence-corrected chi connectivity index (χ3v) is 5.67. The molecule has 1 saturated carbocycles. The Balaban J connectivity index is 1.67. The molecule has 5 heteroatoms. The molecule has 0 bridgehead atoms. The molecule has 2 aliphatic rings. The van der Waals surface area contributed by atoms with E-state index in [1.807, 2.05) is 6.92 Å². The lowest BCUT2D eigenvalue weighted by Crippen LogP contribution is -2.45. The molecule has 2 heterocycles. The van der Waals surface area contributed by atoms with Gasteiger partial charge in [0.05, 0.1) is 10.7 Å². The van der Waals surface area contributed by atoms with Crippen LogP contribution in [0.4, 0.5) is 0 Å². The predicted molar refractivity (Wildman–Crippen MR) is 81.4 cm³/mol. The summed E-state index contributed by atoms with van der Waals surface area (Å²) >= 11 is 1.61. The van der Waals surface area contributed by atoms with E-state index in [1.54, 1.807) is 11.3 Å². The fourth-order valence-corrected chi connectivity index (χ4v) is 4.34. The second-order valence-electron chi connectivity index (χ2n) is 5.96. The van der Waals surface area contributed by atoms with Crippen LogP contribution in [-0.2, 0) is 0 Å². The van der Waals surface area contributed by atoms with Gasteiger partial charge in [-0.1, -0.05) is 12.8 Å². The van der Waals surface area contributed by atoms with E-state index in [-0.39, 0.29) is 11.9 Å². The minimum absolute atomic E-state index is 0.0675. The molecule has 3 rings (SSSR count). The Labute approximate surface area is 124 Å². The first-order valence-corrected chi connectivity index (χ1v) is 8.54. The Morgan fingerprint density at radius 1 is 1.30 bits per heavy atom. The summed E-state index contributed by atoms with van der Waals surface area (Å²) in [4.78, 5) is 17.9. The van der Waals surface area contributed by atoms with Crippen LogP contribution >= 0.6 is 11.3 Å². The molecule has 1 amide bonds. The number of nitrogens with one attached hydrogen (secondary N) is 2. The van der Waals surface area contributed by atoms with E-state index in [0.717, 1.165) is 36.5 Å². The van der Waals surface area contributed by atoms with E-state index >= 15 is 0 Å². The van der Waals surface area contributed by atoms with Gasteiger partial charge in [0.1, 0.15) is 4.88 Å². The zero-order valence-corrected chi connectivity index (χ0v) is 12.9. The molecule has 1 aliphatic heterocycles. The van der Waals surface area contributed by atoms with E-state index in [4.69, 9.17) is 0 Å². The number of hydrogen-bond donors (Lipinski definition) is 2. The van der Waals surface area contributed by atoms with Gasteiger partial charge in [-0.05, 0) is 39.2 Å². The second-order valence-corrected chi connectivity index (χ2v) is 7.00. The Hall–Kier alpha value is -0.940. The first-order valence-electron chi connectivity index (χ1n) is 7.73. The summed E-state index contributed by atoms with van der Waals surface area (Å²) in [6.45, 7) is 3.92. The number of hydrogen-bond acceptors (Lipinski definition) is 4. The number of nitrogens with zero attached hydrogens (tertiary/aromatic N) is 1. The molecular formula is C15H23N3OS. The standard InChI is InChI=1S/C15H23N3OS/c1-10-13(14(19)18-12-7-4-8-16-9-12)20-15(17-10)11-5-2-3-6-11/h11-12,16H,2-9H2,1H3,(H,18,19)/t12-/m0/s1. The van der Waals surface area contributed by atoms with Crippen molar-refractivity contribution >= 4 is 17.2 Å². The fraction of sp³-hybridized carbons (Fsp3) is 0.733. The van der Waals surface area contributed by atoms with Crippen molar-refractivity contribution in [1.82, 2.24) is 15.6 Å². The number of piperidine rings is 1. The highest BCUT2D eigenvalue weighted by Gasteiger charge is 2.25. The number of amides is 1. The van der Waals surface area contributed by atoms with Gasteiger partial charge >= 0.3 is 0 Å². The van der Waals surface area contributed by atoms with Gasteiger partial charge in [-0.25, -0.2) is 4.98 Å². The maximum atomic E-state index is 12.4. The zero-order chi connectivity index (χ0) is 13.9. The summed E-state index contributed by atoms with van der Waals surface area (Å²) in [5.41, 5.74) is 0.901. The molecule has 0 unspecified atom stereocenters. The SMILES string of the molecule is Cc1nc(C2CCCC2)sc1C(=O)N[C@H]1CCCNC1. The van der Waals surface area contributed by atoms with Crippen LogP contribution in [0.2, 0.25) is 0 Å². The Bertz CT molecular complexity index is 473. The number of rotatable bonds is 3. The highest BCUT2D eigenvalue weighted by molar-refractivity contribution is 7.13. The van der Waals surface area contributed by atoms with Crippen molar-refractivity contribution in [3.8, 4) is 0 Å². The molecule has 1 atom stereocenters. The summed E-state index contributed by atoms with van der Waals surface area (Å²) in [6, 6.07) is 0.271. The maximum Gasteiger partial charge on any atom is 0.263 e. The lowest BCUT2D eigenvalue weighted by molar-refractivity contribution is 0.0934. The topological polar surface area (TPSA) is 54.0 Å². The van der Waals surface area contributed by atoms with Gasteiger partial charge in [0.2, 0.25) is 0 Å². The quantitative estimate of drug-likeness (QED) is 0.900. The highest BCUT2D eigenvalue weighted by atomic mass is 32.1. The first-order chi connectivity index (χ1) is 9.74. The van der Waals surface area contributed by atoms with Crippen LogP contribution in [0.3, 0.4) is 0 Å². The summed E-state index contributed by atoms with van der Waals surface area (Å²) < 4.78 is 0. The van der Waals surface area contributed by atoms with Crippen LogP contribution in [0.1, 0.15) is 64.8 Å². The minimum atomic E-state index is 0.0675. The molecule has 1 aromatic heterocycles.